The average molecular weight is 402 g/mol. The van der Waals surface area contributed by atoms with Gasteiger partial charge in [0.15, 0.2) is 6.10 Å². The van der Waals surface area contributed by atoms with Crippen LogP contribution in [0.1, 0.15) is 9.67 Å². The van der Waals surface area contributed by atoms with E-state index in [2.05, 4.69) is 25.4 Å². The van der Waals surface area contributed by atoms with Crippen molar-refractivity contribution in [2.24, 2.45) is 0 Å². The van der Waals surface area contributed by atoms with Crippen molar-refractivity contribution in [3.8, 4) is 0 Å². The summed E-state index contributed by atoms with van der Waals surface area (Å²) >= 11 is 3.93. The predicted octanol–water partition coefficient (Wildman–Crippen LogP) is 0.109. The second kappa shape index (κ2) is 7.31. The van der Waals surface area contributed by atoms with Crippen LogP contribution in [0.15, 0.2) is 14.7 Å². The normalized spacial score (nSPS) is 12.8. The van der Waals surface area contributed by atoms with Gasteiger partial charge in [-0.05, 0) is 22.0 Å². The third kappa shape index (κ3) is 4.48. The van der Waals surface area contributed by atoms with Gasteiger partial charge < -0.3 is 14.6 Å². The molecule has 0 spiro atoms. The summed E-state index contributed by atoms with van der Waals surface area (Å²) in [5.74, 6) is -1.63. The van der Waals surface area contributed by atoms with Crippen LogP contribution in [-0.2, 0) is 24.3 Å². The number of esters is 2. The molecule has 0 aromatic carbocycles. The summed E-state index contributed by atoms with van der Waals surface area (Å²) in [4.78, 5) is 22.2. The molecule has 0 amide bonds. The van der Waals surface area contributed by atoms with Gasteiger partial charge in [0.1, 0.15) is 9.77 Å². The maximum Gasteiger partial charge on any atom is 0.348 e. The van der Waals surface area contributed by atoms with E-state index in [0.29, 0.717) is 0 Å². The monoisotopic (exact) mass is 401 g/mol. The average Bonchev–Trinajstić information content (AvgIpc) is 2.85. The minimum absolute atomic E-state index is 0.0956. The maximum atomic E-state index is 12.0. The molecule has 1 heterocycles. The first-order chi connectivity index (χ1) is 9.72. The zero-order chi connectivity index (χ0) is 16.2. The highest BCUT2D eigenvalue weighted by Gasteiger charge is 2.25. The van der Waals surface area contributed by atoms with E-state index in [1.807, 2.05) is 4.72 Å². The molecule has 0 aliphatic rings. The Morgan fingerprint density at radius 2 is 2.05 bits per heavy atom. The van der Waals surface area contributed by atoms with Gasteiger partial charge >= 0.3 is 11.9 Å². The number of carbonyl (C=O) groups is 2. The van der Waals surface area contributed by atoms with Gasteiger partial charge in [-0.3, -0.25) is 0 Å². The smallest absolute Gasteiger partial charge is 0.348 e. The predicted molar refractivity (Wildman–Crippen MR) is 76.6 cm³/mol. The Kier molecular flexibility index (Phi) is 6.28. The Bertz CT molecular complexity index is 640. The second-order valence-electron chi connectivity index (χ2n) is 3.63. The summed E-state index contributed by atoms with van der Waals surface area (Å²) in [6.45, 7) is -0.551. The number of sulfonamides is 1. The number of aliphatic hydroxyl groups excluding tert-OH is 1. The molecular formula is C10H12BrNO7S2. The fourth-order valence-electron chi connectivity index (χ4n) is 1.22. The number of carbonyl (C=O) groups excluding carboxylic acids is 2. The van der Waals surface area contributed by atoms with Crippen LogP contribution in [-0.4, -0.2) is 52.3 Å². The molecule has 1 aromatic rings. The number of nitrogens with one attached hydrogen (secondary N) is 1. The fraction of sp³-hybridized carbons (Fsp3) is 0.400. The van der Waals surface area contributed by atoms with Crippen LogP contribution in [0.2, 0.25) is 0 Å². The first-order valence-electron chi connectivity index (χ1n) is 5.36. The van der Waals surface area contributed by atoms with Crippen molar-refractivity contribution in [2.45, 2.75) is 11.0 Å². The van der Waals surface area contributed by atoms with E-state index in [1.165, 1.54) is 7.11 Å². The van der Waals surface area contributed by atoms with Crippen molar-refractivity contribution in [3.63, 3.8) is 0 Å². The number of aliphatic hydroxyl groups is 1. The van der Waals surface area contributed by atoms with Gasteiger partial charge in [-0.1, -0.05) is 0 Å². The summed E-state index contributed by atoms with van der Waals surface area (Å²) in [6, 6.07) is 1.13. The van der Waals surface area contributed by atoms with Crippen LogP contribution >= 0.6 is 27.3 Å². The molecule has 0 saturated carbocycles. The summed E-state index contributed by atoms with van der Waals surface area (Å²) in [6.07, 6.45) is -1.62. The lowest BCUT2D eigenvalue weighted by atomic mass is 10.4. The Morgan fingerprint density at radius 1 is 1.43 bits per heavy atom. The first kappa shape index (κ1) is 18.0. The zero-order valence-corrected chi connectivity index (χ0v) is 14.2. The van der Waals surface area contributed by atoms with E-state index in [4.69, 9.17) is 0 Å². The highest BCUT2D eigenvalue weighted by atomic mass is 79.9. The summed E-state index contributed by atoms with van der Waals surface area (Å²) in [5, 5.41) is 9.34. The van der Waals surface area contributed by atoms with Gasteiger partial charge in [0.25, 0.3) is 0 Å². The van der Waals surface area contributed by atoms with Gasteiger partial charge in [0.05, 0.1) is 18.0 Å². The fourth-order valence-corrected chi connectivity index (χ4v) is 4.74. The number of thiophene rings is 1. The number of ether oxygens (including phenoxy) is 2. The molecule has 21 heavy (non-hydrogen) atoms. The van der Waals surface area contributed by atoms with Crippen molar-refractivity contribution in [1.82, 2.24) is 4.72 Å². The molecule has 118 valence electrons. The minimum atomic E-state index is -4.01. The van der Waals surface area contributed by atoms with Gasteiger partial charge in [0, 0.05) is 6.54 Å². The lowest BCUT2D eigenvalue weighted by Crippen LogP contribution is -2.37. The number of hydrogen-bond acceptors (Lipinski definition) is 8. The Hall–Kier alpha value is -1.01. The van der Waals surface area contributed by atoms with Crippen LogP contribution in [0.5, 0.6) is 0 Å². The van der Waals surface area contributed by atoms with Crippen LogP contribution in [0, 0.1) is 0 Å². The second-order valence-corrected chi connectivity index (χ2v) is 7.74. The molecule has 8 nitrogen and oxygen atoms in total. The highest BCUT2D eigenvalue weighted by Crippen LogP contribution is 2.31. The minimum Gasteiger partial charge on any atom is -0.467 e. The SMILES string of the molecule is COC(=O)c1cc(S(=O)(=O)NCC(O)C(=O)OC)c(Br)s1. The third-order valence-electron chi connectivity index (χ3n) is 2.27. The van der Waals surface area contributed by atoms with E-state index >= 15 is 0 Å². The van der Waals surface area contributed by atoms with Crippen molar-refractivity contribution in [2.75, 3.05) is 20.8 Å². The van der Waals surface area contributed by atoms with E-state index in [-0.39, 0.29) is 13.6 Å². The molecule has 2 N–H and O–H groups in total. The molecule has 0 saturated heterocycles. The number of hydrogen-bond donors (Lipinski definition) is 2. The quantitative estimate of drug-likeness (QED) is 0.649. The first-order valence-corrected chi connectivity index (χ1v) is 8.45. The molecular weight excluding hydrogens is 390 g/mol. The molecule has 1 atom stereocenters. The Balaban J connectivity index is 2.91. The molecule has 1 unspecified atom stereocenters. The van der Waals surface area contributed by atoms with E-state index in [1.54, 1.807) is 0 Å². The summed E-state index contributed by atoms with van der Waals surface area (Å²) in [5.41, 5.74) is 0. The van der Waals surface area contributed by atoms with Crippen LogP contribution in [0.3, 0.4) is 0 Å². The van der Waals surface area contributed by atoms with Gasteiger partial charge in [0.2, 0.25) is 10.0 Å². The zero-order valence-electron chi connectivity index (χ0n) is 11.0. The molecule has 1 rings (SSSR count). The van der Waals surface area contributed by atoms with E-state index in [9.17, 15) is 23.1 Å². The number of rotatable bonds is 6. The highest BCUT2D eigenvalue weighted by molar-refractivity contribution is 9.11. The van der Waals surface area contributed by atoms with Crippen molar-refractivity contribution < 1.29 is 32.6 Å². The molecule has 11 heteroatoms. The van der Waals surface area contributed by atoms with Gasteiger partial charge in [-0.2, -0.15) is 0 Å². The molecule has 1 aromatic heterocycles. The number of halogens is 1. The topological polar surface area (TPSA) is 119 Å². The van der Waals surface area contributed by atoms with Crippen LogP contribution in [0.4, 0.5) is 0 Å². The number of methoxy groups -OCH3 is 2. The summed E-state index contributed by atoms with van der Waals surface area (Å²) < 4.78 is 35.1. The Morgan fingerprint density at radius 3 is 2.57 bits per heavy atom. The summed E-state index contributed by atoms with van der Waals surface area (Å²) in [7, 11) is -1.77. The third-order valence-corrected chi connectivity index (χ3v) is 5.93. The van der Waals surface area contributed by atoms with Crippen molar-refractivity contribution >= 4 is 49.2 Å². The largest absolute Gasteiger partial charge is 0.467 e. The standard InChI is InChI=1S/C10H12BrNO7S2/c1-18-9(14)5(13)4-12-21(16,17)7-3-6(10(15)19-2)20-8(7)11/h3,5,12-13H,4H2,1-2H3. The molecule has 0 bridgehead atoms. The van der Waals surface area contributed by atoms with E-state index < -0.39 is 34.6 Å². The van der Waals surface area contributed by atoms with Crippen molar-refractivity contribution in [3.05, 3.63) is 14.7 Å². The Labute approximate surface area is 133 Å². The van der Waals surface area contributed by atoms with Gasteiger partial charge in [-0.15, -0.1) is 11.3 Å². The van der Waals surface area contributed by atoms with Gasteiger partial charge in [-0.25, -0.2) is 22.7 Å². The van der Waals surface area contributed by atoms with E-state index in [0.717, 1.165) is 24.5 Å². The van der Waals surface area contributed by atoms with Crippen molar-refractivity contribution in [1.29, 1.82) is 0 Å². The van der Waals surface area contributed by atoms with Crippen LogP contribution < -0.4 is 4.72 Å². The molecule has 0 aliphatic heterocycles. The maximum absolute atomic E-state index is 12.0. The molecule has 0 radical (unpaired) electrons. The molecule has 0 fully saturated rings. The van der Waals surface area contributed by atoms with Crippen LogP contribution in [0.25, 0.3) is 0 Å². The lowest BCUT2D eigenvalue weighted by Gasteiger charge is -2.09. The molecule has 0 aliphatic carbocycles. The lowest BCUT2D eigenvalue weighted by molar-refractivity contribution is -0.149.